The van der Waals surface area contributed by atoms with E-state index in [-0.39, 0.29) is 24.2 Å². The molecule has 1 unspecified atom stereocenters. The largest absolute Gasteiger partial charge is 0.464 e. The van der Waals surface area contributed by atoms with Gasteiger partial charge in [-0.15, -0.1) is 0 Å². The minimum Gasteiger partial charge on any atom is -0.464 e. The van der Waals surface area contributed by atoms with Gasteiger partial charge in [0.15, 0.2) is 5.60 Å². The molecule has 2 N–H and O–H groups in total. The maximum Gasteiger partial charge on any atom is 0.407 e. The molecule has 1 heterocycles. The van der Waals surface area contributed by atoms with Crippen molar-refractivity contribution in [3.05, 3.63) is 94.5 Å². The smallest absolute Gasteiger partial charge is 0.407 e. The standard InChI is InChI=1S/C38H42N2O11/c1-7-47-35(45)32(10-8-9-21-39-36(46)51-37(4,5)6)40-33(43)25-11-20-31-30(22-25)34(44)50-38(31,26-12-16-28(17-13-26)48-23(2)41)27-14-18-29(19-15-27)49-24(3)42/h11-20,22,32H,7-10,21H2,1-6H3,(H,39,46)(H,40,43). The maximum atomic E-state index is 13.6. The van der Waals surface area contributed by atoms with Gasteiger partial charge in [0.25, 0.3) is 5.91 Å². The van der Waals surface area contributed by atoms with Crippen molar-refractivity contribution in [3.63, 3.8) is 0 Å². The first-order valence-corrected chi connectivity index (χ1v) is 16.5. The summed E-state index contributed by atoms with van der Waals surface area (Å²) in [4.78, 5) is 74.8. The molecule has 0 saturated heterocycles. The molecule has 0 saturated carbocycles. The van der Waals surface area contributed by atoms with Crippen molar-refractivity contribution >= 4 is 35.9 Å². The second-order valence-corrected chi connectivity index (χ2v) is 12.8. The predicted molar refractivity (Wildman–Crippen MR) is 183 cm³/mol. The Labute approximate surface area is 295 Å². The van der Waals surface area contributed by atoms with Gasteiger partial charge in [0.05, 0.1) is 12.2 Å². The lowest BCUT2D eigenvalue weighted by Crippen LogP contribution is -2.42. The first-order chi connectivity index (χ1) is 24.1. The van der Waals surface area contributed by atoms with Crippen LogP contribution >= 0.6 is 0 Å². The van der Waals surface area contributed by atoms with Crippen molar-refractivity contribution in [3.8, 4) is 11.5 Å². The Kier molecular flexibility index (Phi) is 12.2. The van der Waals surface area contributed by atoms with Crippen LogP contribution in [-0.2, 0) is 34.2 Å². The third-order valence-corrected chi connectivity index (χ3v) is 7.64. The number of benzene rings is 3. The number of fused-ring (bicyclic) bond motifs is 1. The summed E-state index contributed by atoms with van der Waals surface area (Å²) in [5, 5.41) is 5.39. The fraction of sp³-hybridized carbons (Fsp3) is 0.368. The van der Waals surface area contributed by atoms with Crippen molar-refractivity contribution in [2.45, 2.75) is 78.0 Å². The summed E-state index contributed by atoms with van der Waals surface area (Å²) in [6.07, 6.45) is 0.686. The summed E-state index contributed by atoms with van der Waals surface area (Å²) >= 11 is 0. The molecule has 4 rings (SSSR count). The Morgan fingerprint density at radius 1 is 0.824 bits per heavy atom. The average Bonchev–Trinajstić information content (AvgIpc) is 3.35. The highest BCUT2D eigenvalue weighted by atomic mass is 16.6. The second-order valence-electron chi connectivity index (χ2n) is 12.8. The number of ether oxygens (including phenoxy) is 5. The minimum atomic E-state index is -1.48. The number of hydrogen-bond donors (Lipinski definition) is 2. The van der Waals surface area contributed by atoms with E-state index in [0.29, 0.717) is 47.6 Å². The van der Waals surface area contributed by atoms with Gasteiger partial charge in [-0.05, 0) is 83.4 Å². The number of unbranched alkanes of at least 4 members (excludes halogenated alkanes) is 1. The molecule has 270 valence electrons. The van der Waals surface area contributed by atoms with Crippen molar-refractivity contribution in [1.29, 1.82) is 0 Å². The summed E-state index contributed by atoms with van der Waals surface area (Å²) in [5.41, 5.74) is -0.405. The number of rotatable bonds is 13. The van der Waals surface area contributed by atoms with Crippen LogP contribution in [0, 0.1) is 0 Å². The molecule has 13 heteroatoms. The lowest BCUT2D eigenvalue weighted by molar-refractivity contribution is -0.145. The number of carbonyl (C=O) groups excluding carboxylic acids is 6. The van der Waals surface area contributed by atoms with Gasteiger partial charge in [0.1, 0.15) is 23.1 Å². The molecule has 13 nitrogen and oxygen atoms in total. The maximum absolute atomic E-state index is 13.6. The van der Waals surface area contributed by atoms with Crippen molar-refractivity contribution in [2.24, 2.45) is 0 Å². The molecule has 51 heavy (non-hydrogen) atoms. The first kappa shape index (κ1) is 38.1. The Hall–Kier alpha value is -5.72. The molecule has 0 aromatic heterocycles. The number of esters is 4. The summed E-state index contributed by atoms with van der Waals surface area (Å²) < 4.78 is 26.9. The average molecular weight is 703 g/mol. The summed E-state index contributed by atoms with van der Waals surface area (Å²) in [5.74, 6) is -2.33. The van der Waals surface area contributed by atoms with Crippen LogP contribution in [0.15, 0.2) is 66.7 Å². The van der Waals surface area contributed by atoms with Crippen molar-refractivity contribution in [2.75, 3.05) is 13.2 Å². The summed E-state index contributed by atoms with van der Waals surface area (Å²) in [7, 11) is 0. The van der Waals surface area contributed by atoms with E-state index in [9.17, 15) is 28.8 Å². The number of amides is 2. The zero-order chi connectivity index (χ0) is 37.3. The number of carbonyl (C=O) groups is 6. The molecule has 2 amide bonds. The quantitative estimate of drug-likeness (QED) is 0.102. The normalized spacial score (nSPS) is 13.6. The molecule has 3 aromatic carbocycles. The van der Waals surface area contributed by atoms with Crippen LogP contribution in [0.25, 0.3) is 0 Å². The topological polar surface area (TPSA) is 173 Å². The summed E-state index contributed by atoms with van der Waals surface area (Å²) in [6, 6.07) is 16.5. The molecule has 0 aliphatic carbocycles. The molecule has 0 spiro atoms. The number of hydrogen-bond acceptors (Lipinski definition) is 11. The fourth-order valence-electron chi connectivity index (χ4n) is 5.56. The molecule has 0 radical (unpaired) electrons. The van der Waals surface area contributed by atoms with Gasteiger partial charge in [-0.25, -0.2) is 14.4 Å². The minimum absolute atomic E-state index is 0.109. The zero-order valence-electron chi connectivity index (χ0n) is 29.5. The third-order valence-electron chi connectivity index (χ3n) is 7.64. The highest BCUT2D eigenvalue weighted by molar-refractivity contribution is 6.02. The van der Waals surface area contributed by atoms with Gasteiger partial charge >= 0.3 is 30.0 Å². The third kappa shape index (κ3) is 9.71. The lowest BCUT2D eigenvalue weighted by atomic mass is 9.79. The van der Waals surface area contributed by atoms with Gasteiger partial charge in [-0.2, -0.15) is 0 Å². The van der Waals surface area contributed by atoms with Crippen LogP contribution in [0.3, 0.4) is 0 Å². The number of alkyl carbamates (subject to hydrolysis) is 1. The fourth-order valence-corrected chi connectivity index (χ4v) is 5.56. The van der Waals surface area contributed by atoms with E-state index in [1.165, 1.54) is 26.0 Å². The van der Waals surface area contributed by atoms with E-state index in [1.807, 2.05) is 0 Å². The number of cyclic esters (lactones) is 1. The predicted octanol–water partition coefficient (Wildman–Crippen LogP) is 5.36. The van der Waals surface area contributed by atoms with Gasteiger partial charge in [-0.1, -0.05) is 30.3 Å². The van der Waals surface area contributed by atoms with Crippen molar-refractivity contribution in [1.82, 2.24) is 10.6 Å². The van der Waals surface area contributed by atoms with Gasteiger partial charge in [0, 0.05) is 42.6 Å². The highest BCUT2D eigenvalue weighted by Crippen LogP contribution is 2.47. The van der Waals surface area contributed by atoms with Gasteiger partial charge in [0.2, 0.25) is 0 Å². The van der Waals surface area contributed by atoms with E-state index in [2.05, 4.69) is 10.6 Å². The molecule has 1 aliphatic rings. The zero-order valence-corrected chi connectivity index (χ0v) is 29.5. The van der Waals surface area contributed by atoms with E-state index in [1.54, 1.807) is 82.3 Å². The molecular formula is C38H42N2O11. The molecular weight excluding hydrogens is 660 g/mol. The Bertz CT molecular complexity index is 1720. The van der Waals surface area contributed by atoms with E-state index < -0.39 is 53.1 Å². The summed E-state index contributed by atoms with van der Waals surface area (Å²) in [6.45, 7) is 9.94. The van der Waals surface area contributed by atoms with Crippen LogP contribution in [0.1, 0.15) is 98.2 Å². The Morgan fingerprint density at radius 2 is 1.39 bits per heavy atom. The molecule has 1 aliphatic heterocycles. The first-order valence-electron chi connectivity index (χ1n) is 16.5. The number of nitrogens with one attached hydrogen (secondary N) is 2. The Balaban J connectivity index is 1.59. The molecule has 0 fully saturated rings. The lowest BCUT2D eigenvalue weighted by Gasteiger charge is -2.30. The van der Waals surface area contributed by atoms with Crippen LogP contribution < -0.4 is 20.1 Å². The highest BCUT2D eigenvalue weighted by Gasteiger charge is 2.49. The molecule has 1 atom stereocenters. The Morgan fingerprint density at radius 3 is 1.90 bits per heavy atom. The molecule has 3 aromatic rings. The second kappa shape index (κ2) is 16.3. The van der Waals surface area contributed by atoms with Crippen LogP contribution in [-0.4, -0.2) is 60.7 Å². The van der Waals surface area contributed by atoms with Crippen molar-refractivity contribution < 1.29 is 52.5 Å². The van der Waals surface area contributed by atoms with Gasteiger partial charge < -0.3 is 34.3 Å². The monoisotopic (exact) mass is 702 g/mol. The van der Waals surface area contributed by atoms with Crippen LogP contribution in [0.2, 0.25) is 0 Å². The van der Waals surface area contributed by atoms with E-state index in [4.69, 9.17) is 23.7 Å². The van der Waals surface area contributed by atoms with Crippen LogP contribution in [0.5, 0.6) is 11.5 Å². The van der Waals surface area contributed by atoms with E-state index in [0.717, 1.165) is 0 Å². The SMILES string of the molecule is CCOC(=O)C(CCCCNC(=O)OC(C)(C)C)NC(=O)c1ccc2c(c1)C(=O)OC2(c1ccc(OC(C)=O)cc1)c1ccc(OC(C)=O)cc1. The van der Waals surface area contributed by atoms with Crippen LogP contribution in [0.4, 0.5) is 4.79 Å². The molecule has 0 bridgehead atoms. The van der Waals surface area contributed by atoms with E-state index >= 15 is 0 Å². The van der Waals surface area contributed by atoms with Gasteiger partial charge in [-0.3, -0.25) is 14.4 Å².